The molecule has 0 radical (unpaired) electrons. The van der Waals surface area contributed by atoms with E-state index in [2.05, 4.69) is 5.32 Å². The summed E-state index contributed by atoms with van der Waals surface area (Å²) in [5.74, 6) is -0.517. The summed E-state index contributed by atoms with van der Waals surface area (Å²) in [5.41, 5.74) is 1.71. The lowest BCUT2D eigenvalue weighted by Gasteiger charge is -2.18. The topological polar surface area (TPSA) is 66.5 Å². The number of benzene rings is 2. The summed E-state index contributed by atoms with van der Waals surface area (Å²) >= 11 is 5.98. The minimum Gasteiger partial charge on any atom is -0.323 e. The third-order valence-corrected chi connectivity index (χ3v) is 5.37. The van der Waals surface area contributed by atoms with Gasteiger partial charge < -0.3 is 5.32 Å². The Morgan fingerprint density at radius 2 is 1.82 bits per heavy atom. The van der Waals surface area contributed by atoms with Crippen LogP contribution in [0.2, 0.25) is 5.02 Å². The van der Waals surface area contributed by atoms with Crippen molar-refractivity contribution < 1.29 is 13.2 Å². The first-order chi connectivity index (χ1) is 10.5. The van der Waals surface area contributed by atoms with Crippen molar-refractivity contribution in [2.24, 2.45) is 0 Å². The number of fused-ring (bicyclic) bond motifs is 1. The van der Waals surface area contributed by atoms with Gasteiger partial charge in [-0.05, 0) is 23.8 Å². The quantitative estimate of drug-likeness (QED) is 0.937. The van der Waals surface area contributed by atoms with E-state index in [1.165, 1.54) is 0 Å². The van der Waals surface area contributed by atoms with Gasteiger partial charge in [-0.15, -0.1) is 0 Å². The zero-order valence-electron chi connectivity index (χ0n) is 11.5. The maximum Gasteiger partial charge on any atom is 0.245 e. The second-order valence-electron chi connectivity index (χ2n) is 4.92. The maximum atomic E-state index is 12.2. The van der Waals surface area contributed by atoms with E-state index >= 15 is 0 Å². The highest BCUT2D eigenvalue weighted by atomic mass is 35.5. The van der Waals surface area contributed by atoms with E-state index in [0.29, 0.717) is 22.0 Å². The number of nitrogens with one attached hydrogen (secondary N) is 1. The molecule has 0 saturated heterocycles. The Bertz CT molecular complexity index is 836. The number of para-hydroxylation sites is 2. The van der Waals surface area contributed by atoms with Gasteiger partial charge in [-0.2, -0.15) is 0 Å². The van der Waals surface area contributed by atoms with E-state index in [-0.39, 0.29) is 12.3 Å². The molecule has 1 aliphatic heterocycles. The van der Waals surface area contributed by atoms with E-state index in [4.69, 9.17) is 11.6 Å². The highest BCUT2D eigenvalue weighted by Crippen LogP contribution is 2.33. The number of halogens is 1. The Morgan fingerprint density at radius 3 is 2.59 bits per heavy atom. The predicted octanol–water partition coefficient (Wildman–Crippen LogP) is 2.63. The summed E-state index contributed by atoms with van der Waals surface area (Å²) < 4.78 is 25.5. The monoisotopic (exact) mass is 336 g/mol. The van der Waals surface area contributed by atoms with Crippen molar-refractivity contribution in [2.75, 3.05) is 16.2 Å². The van der Waals surface area contributed by atoms with Gasteiger partial charge >= 0.3 is 0 Å². The highest BCUT2D eigenvalue weighted by Gasteiger charge is 2.34. The molecule has 2 aromatic rings. The third-order valence-electron chi connectivity index (χ3n) is 3.37. The molecule has 0 spiro atoms. The molecular weight excluding hydrogens is 324 g/mol. The second kappa shape index (κ2) is 5.62. The Kier molecular flexibility index (Phi) is 3.80. The highest BCUT2D eigenvalue weighted by molar-refractivity contribution is 7.92. The van der Waals surface area contributed by atoms with Crippen LogP contribution in [0.4, 0.5) is 11.4 Å². The van der Waals surface area contributed by atoms with Crippen LogP contribution in [0.3, 0.4) is 0 Å². The number of carbonyl (C=O) groups is 1. The summed E-state index contributed by atoms with van der Waals surface area (Å²) in [5, 5.41) is 3.03. The molecule has 0 saturated carbocycles. The fourth-order valence-electron chi connectivity index (χ4n) is 2.37. The molecule has 1 heterocycles. The lowest BCUT2D eigenvalue weighted by molar-refractivity contribution is -0.114. The zero-order valence-corrected chi connectivity index (χ0v) is 13.1. The number of hydrogen-bond donors (Lipinski definition) is 1. The lowest BCUT2D eigenvalue weighted by Crippen LogP contribution is -2.35. The molecule has 0 aromatic heterocycles. The molecule has 5 nitrogen and oxygen atoms in total. The predicted molar refractivity (Wildman–Crippen MR) is 86.5 cm³/mol. The third kappa shape index (κ3) is 2.80. The van der Waals surface area contributed by atoms with Crippen molar-refractivity contribution >= 4 is 38.9 Å². The van der Waals surface area contributed by atoms with Gasteiger partial charge in [0.25, 0.3) is 0 Å². The SMILES string of the molecule is O=C(CN1c2ccccc2CS1(=O)=O)Nc1ccccc1Cl. The minimum absolute atomic E-state index is 0.0808. The van der Waals surface area contributed by atoms with Crippen molar-refractivity contribution in [1.82, 2.24) is 0 Å². The number of anilines is 2. The Morgan fingerprint density at radius 1 is 1.14 bits per heavy atom. The number of carbonyl (C=O) groups excluding carboxylic acids is 1. The molecule has 3 rings (SSSR count). The molecule has 0 aliphatic carbocycles. The molecule has 7 heteroatoms. The van der Waals surface area contributed by atoms with Crippen molar-refractivity contribution in [3.63, 3.8) is 0 Å². The van der Waals surface area contributed by atoms with E-state index in [1.807, 2.05) is 0 Å². The number of rotatable bonds is 3. The summed E-state index contributed by atoms with van der Waals surface area (Å²) in [6.45, 7) is -0.273. The van der Waals surface area contributed by atoms with Crippen LogP contribution in [0.25, 0.3) is 0 Å². The molecule has 1 aliphatic rings. The van der Waals surface area contributed by atoms with Crippen LogP contribution in [-0.2, 0) is 20.6 Å². The van der Waals surface area contributed by atoms with Crippen LogP contribution in [0, 0.1) is 0 Å². The second-order valence-corrected chi connectivity index (χ2v) is 7.22. The van der Waals surface area contributed by atoms with Gasteiger partial charge in [0.1, 0.15) is 6.54 Å². The Hall–Kier alpha value is -2.05. The number of nitrogens with zero attached hydrogens (tertiary/aromatic N) is 1. The Balaban J connectivity index is 1.81. The van der Waals surface area contributed by atoms with Crippen LogP contribution in [0.15, 0.2) is 48.5 Å². The van der Waals surface area contributed by atoms with E-state index < -0.39 is 15.9 Å². The van der Waals surface area contributed by atoms with Gasteiger partial charge in [0.2, 0.25) is 15.9 Å². The summed E-state index contributed by atoms with van der Waals surface area (Å²) in [4.78, 5) is 12.1. The molecule has 22 heavy (non-hydrogen) atoms. The molecule has 0 unspecified atom stereocenters. The van der Waals surface area contributed by atoms with Crippen LogP contribution in [0.1, 0.15) is 5.56 Å². The normalized spacial score (nSPS) is 15.4. The molecule has 1 N–H and O–H groups in total. The van der Waals surface area contributed by atoms with E-state index in [0.717, 1.165) is 4.31 Å². The fourth-order valence-corrected chi connectivity index (χ4v) is 4.13. The van der Waals surface area contributed by atoms with Crippen molar-refractivity contribution in [3.8, 4) is 0 Å². The summed E-state index contributed by atoms with van der Waals surface area (Å²) in [6, 6.07) is 13.8. The van der Waals surface area contributed by atoms with Gasteiger partial charge in [-0.3, -0.25) is 9.10 Å². The van der Waals surface area contributed by atoms with Crippen LogP contribution in [-0.4, -0.2) is 20.9 Å². The van der Waals surface area contributed by atoms with E-state index in [9.17, 15) is 13.2 Å². The maximum absolute atomic E-state index is 12.2. The lowest BCUT2D eigenvalue weighted by atomic mass is 10.2. The standard InChI is InChI=1S/C15H13ClN2O3S/c16-12-6-2-3-7-13(12)17-15(19)9-18-14-8-4-1-5-11(14)10-22(18,20)21/h1-8H,9-10H2,(H,17,19). The van der Waals surface area contributed by atoms with Gasteiger partial charge in [0, 0.05) is 0 Å². The largest absolute Gasteiger partial charge is 0.323 e. The summed E-state index contributed by atoms with van der Waals surface area (Å²) in [6.07, 6.45) is 0. The molecule has 114 valence electrons. The van der Waals surface area contributed by atoms with Gasteiger partial charge in [0.15, 0.2) is 0 Å². The average molecular weight is 337 g/mol. The smallest absolute Gasteiger partial charge is 0.245 e. The van der Waals surface area contributed by atoms with Crippen molar-refractivity contribution in [1.29, 1.82) is 0 Å². The first kappa shape index (κ1) is 14.9. The Labute approximate surface area is 133 Å². The molecule has 1 amide bonds. The number of sulfonamides is 1. The van der Waals surface area contributed by atoms with E-state index in [1.54, 1.807) is 48.5 Å². The summed E-state index contributed by atoms with van der Waals surface area (Å²) in [7, 11) is -3.50. The minimum atomic E-state index is -3.50. The van der Waals surface area contributed by atoms with Crippen molar-refractivity contribution in [3.05, 3.63) is 59.1 Å². The molecular formula is C15H13ClN2O3S. The van der Waals surface area contributed by atoms with Gasteiger partial charge in [0.05, 0.1) is 22.2 Å². The van der Waals surface area contributed by atoms with Crippen LogP contribution in [0.5, 0.6) is 0 Å². The molecule has 0 bridgehead atoms. The van der Waals surface area contributed by atoms with Crippen molar-refractivity contribution in [2.45, 2.75) is 5.75 Å². The first-order valence-corrected chi connectivity index (χ1v) is 8.59. The molecule has 0 atom stereocenters. The zero-order chi connectivity index (χ0) is 15.7. The number of amides is 1. The fraction of sp³-hybridized carbons (Fsp3) is 0.133. The van der Waals surface area contributed by atoms with Crippen LogP contribution >= 0.6 is 11.6 Å². The van der Waals surface area contributed by atoms with Gasteiger partial charge in [-0.1, -0.05) is 41.9 Å². The van der Waals surface area contributed by atoms with Crippen LogP contribution < -0.4 is 9.62 Å². The molecule has 2 aromatic carbocycles. The molecule has 0 fully saturated rings. The first-order valence-electron chi connectivity index (χ1n) is 6.60. The number of hydrogen-bond acceptors (Lipinski definition) is 3. The van der Waals surface area contributed by atoms with Gasteiger partial charge in [-0.25, -0.2) is 8.42 Å². The average Bonchev–Trinajstić information content (AvgIpc) is 2.72.